The molecule has 0 aliphatic carbocycles. The Labute approximate surface area is 208 Å². The maximum Gasteiger partial charge on any atom is 0.191 e. The Morgan fingerprint density at radius 2 is 2.03 bits per heavy atom. The van der Waals surface area contributed by atoms with Gasteiger partial charge in [0, 0.05) is 25.7 Å². The Hall–Kier alpha value is -2.20. The Morgan fingerprint density at radius 1 is 1.25 bits per heavy atom. The molecule has 0 radical (unpaired) electrons. The molecule has 1 aliphatic heterocycles. The maximum atomic E-state index is 5.71. The summed E-state index contributed by atoms with van der Waals surface area (Å²) in [4.78, 5) is 6.86. The van der Waals surface area contributed by atoms with Gasteiger partial charge in [0.1, 0.15) is 5.76 Å². The van der Waals surface area contributed by atoms with Gasteiger partial charge in [-0.3, -0.25) is 9.89 Å². The van der Waals surface area contributed by atoms with Gasteiger partial charge in [-0.1, -0.05) is 6.08 Å². The summed E-state index contributed by atoms with van der Waals surface area (Å²) < 4.78 is 16.8. The van der Waals surface area contributed by atoms with Crippen molar-refractivity contribution in [1.82, 2.24) is 15.5 Å². The molecular formula is C24H35IN4O3. The summed E-state index contributed by atoms with van der Waals surface area (Å²) >= 11 is 0. The predicted molar refractivity (Wildman–Crippen MR) is 139 cm³/mol. The molecular weight excluding hydrogens is 519 g/mol. The van der Waals surface area contributed by atoms with Gasteiger partial charge in [0.25, 0.3) is 0 Å². The number of benzene rings is 1. The third-order valence-electron chi connectivity index (χ3n) is 5.58. The fourth-order valence-corrected chi connectivity index (χ4v) is 4.06. The summed E-state index contributed by atoms with van der Waals surface area (Å²) in [7, 11) is 5.09. The largest absolute Gasteiger partial charge is 0.493 e. The van der Waals surface area contributed by atoms with Gasteiger partial charge in [0.2, 0.25) is 0 Å². The van der Waals surface area contributed by atoms with Crippen molar-refractivity contribution in [2.45, 2.75) is 31.8 Å². The molecule has 176 valence electrons. The van der Waals surface area contributed by atoms with Gasteiger partial charge >= 0.3 is 0 Å². The zero-order valence-electron chi connectivity index (χ0n) is 19.2. The molecule has 1 aliphatic rings. The van der Waals surface area contributed by atoms with Crippen molar-refractivity contribution in [2.75, 3.05) is 40.9 Å². The molecule has 1 aromatic carbocycles. The first-order valence-corrected chi connectivity index (χ1v) is 10.8. The standard InChI is InChI=1S/C24H34N4O3.HI/c1-5-9-19-14-18(15-22(29-3)23(19)30-4)16-26-24(25-2)27-17-20(21-10-8-13-31-21)28-11-6-7-12-28;/h5,8,10,13-15,20H,1,6-7,9,11-12,16-17H2,2-4H3,(H2,25,26,27);1H. The second kappa shape index (κ2) is 13.4. The van der Waals surface area contributed by atoms with Crippen LogP contribution in [0, 0.1) is 0 Å². The van der Waals surface area contributed by atoms with E-state index in [-0.39, 0.29) is 30.0 Å². The van der Waals surface area contributed by atoms with Crippen LogP contribution in [0.25, 0.3) is 0 Å². The van der Waals surface area contributed by atoms with Crippen molar-refractivity contribution in [1.29, 1.82) is 0 Å². The molecule has 1 saturated heterocycles. The van der Waals surface area contributed by atoms with Crippen LogP contribution in [0.3, 0.4) is 0 Å². The molecule has 1 unspecified atom stereocenters. The van der Waals surface area contributed by atoms with E-state index >= 15 is 0 Å². The lowest BCUT2D eigenvalue weighted by Gasteiger charge is -2.26. The number of furan rings is 1. The van der Waals surface area contributed by atoms with Gasteiger partial charge in [0.15, 0.2) is 17.5 Å². The maximum absolute atomic E-state index is 5.71. The summed E-state index contributed by atoms with van der Waals surface area (Å²) in [5.74, 6) is 3.20. The molecule has 0 saturated carbocycles. The van der Waals surface area contributed by atoms with Gasteiger partial charge in [-0.25, -0.2) is 0 Å². The first kappa shape index (κ1) is 26.1. The fourth-order valence-electron chi connectivity index (χ4n) is 4.06. The monoisotopic (exact) mass is 554 g/mol. The minimum Gasteiger partial charge on any atom is -0.493 e. The number of likely N-dealkylation sites (tertiary alicyclic amines) is 1. The highest BCUT2D eigenvalue weighted by atomic mass is 127. The predicted octanol–water partition coefficient (Wildman–Crippen LogP) is 4.15. The quantitative estimate of drug-likeness (QED) is 0.199. The highest BCUT2D eigenvalue weighted by Gasteiger charge is 2.25. The van der Waals surface area contributed by atoms with Crippen LogP contribution < -0.4 is 20.1 Å². The van der Waals surface area contributed by atoms with E-state index in [4.69, 9.17) is 13.9 Å². The van der Waals surface area contributed by atoms with E-state index in [9.17, 15) is 0 Å². The molecule has 3 rings (SSSR count). The molecule has 1 aromatic heterocycles. The third kappa shape index (κ3) is 6.65. The normalized spacial score (nSPS) is 15.0. The van der Waals surface area contributed by atoms with Gasteiger partial charge < -0.3 is 24.5 Å². The first-order valence-electron chi connectivity index (χ1n) is 10.8. The third-order valence-corrected chi connectivity index (χ3v) is 5.58. The number of nitrogens with one attached hydrogen (secondary N) is 2. The number of ether oxygens (including phenoxy) is 2. The number of rotatable bonds is 10. The zero-order valence-corrected chi connectivity index (χ0v) is 21.6. The number of guanidine groups is 1. The molecule has 0 bridgehead atoms. The first-order chi connectivity index (χ1) is 15.2. The SMILES string of the molecule is C=CCc1cc(CNC(=NC)NCC(c2ccco2)N2CCCC2)cc(OC)c1OC.I. The fraction of sp³-hybridized carbons (Fsp3) is 0.458. The van der Waals surface area contributed by atoms with E-state index in [1.54, 1.807) is 27.5 Å². The van der Waals surface area contributed by atoms with E-state index in [1.165, 1.54) is 12.8 Å². The topological polar surface area (TPSA) is 71.3 Å². The molecule has 32 heavy (non-hydrogen) atoms. The van der Waals surface area contributed by atoms with Crippen molar-refractivity contribution in [3.8, 4) is 11.5 Å². The molecule has 0 amide bonds. The van der Waals surface area contributed by atoms with Crippen molar-refractivity contribution in [2.24, 2.45) is 4.99 Å². The number of hydrogen-bond donors (Lipinski definition) is 2. The van der Waals surface area contributed by atoms with E-state index in [1.807, 2.05) is 24.3 Å². The molecule has 0 spiro atoms. The van der Waals surface area contributed by atoms with Crippen LogP contribution in [0.15, 0.2) is 52.6 Å². The Balaban J connectivity index is 0.00000363. The van der Waals surface area contributed by atoms with Crippen molar-refractivity contribution >= 4 is 29.9 Å². The summed E-state index contributed by atoms with van der Waals surface area (Å²) in [6, 6.07) is 8.28. The molecule has 1 fully saturated rings. The van der Waals surface area contributed by atoms with E-state index < -0.39 is 0 Å². The van der Waals surface area contributed by atoms with Crippen molar-refractivity contribution < 1.29 is 13.9 Å². The van der Waals surface area contributed by atoms with Crippen LogP contribution in [-0.4, -0.2) is 51.8 Å². The Morgan fingerprint density at radius 3 is 2.62 bits per heavy atom. The number of aliphatic imine (C=N–C) groups is 1. The van der Waals surface area contributed by atoms with Crippen LogP contribution >= 0.6 is 24.0 Å². The van der Waals surface area contributed by atoms with Crippen LogP contribution in [-0.2, 0) is 13.0 Å². The minimum atomic E-state index is 0. The van der Waals surface area contributed by atoms with Crippen LogP contribution in [0.5, 0.6) is 11.5 Å². The lowest BCUT2D eigenvalue weighted by molar-refractivity contribution is 0.215. The molecule has 2 heterocycles. The summed E-state index contributed by atoms with van der Waals surface area (Å²) in [5.41, 5.74) is 2.13. The molecule has 2 aromatic rings. The number of allylic oxidation sites excluding steroid dienone is 1. The van der Waals surface area contributed by atoms with E-state index in [2.05, 4.69) is 33.2 Å². The molecule has 1 atom stereocenters. The summed E-state index contributed by atoms with van der Waals surface area (Å²) in [6.45, 7) is 7.37. The number of nitrogens with zero attached hydrogens (tertiary/aromatic N) is 2. The second-order valence-corrected chi connectivity index (χ2v) is 7.56. The average molecular weight is 554 g/mol. The highest BCUT2D eigenvalue weighted by molar-refractivity contribution is 14.0. The highest BCUT2D eigenvalue weighted by Crippen LogP contribution is 2.33. The average Bonchev–Trinajstić information content (AvgIpc) is 3.51. The molecule has 7 nitrogen and oxygen atoms in total. The summed E-state index contributed by atoms with van der Waals surface area (Å²) in [5, 5.41) is 6.86. The van der Waals surface area contributed by atoms with Crippen molar-refractivity contribution in [3.63, 3.8) is 0 Å². The van der Waals surface area contributed by atoms with E-state index in [0.717, 1.165) is 48.2 Å². The molecule has 8 heteroatoms. The lowest BCUT2D eigenvalue weighted by Crippen LogP contribution is -2.42. The van der Waals surface area contributed by atoms with Crippen LogP contribution in [0.2, 0.25) is 0 Å². The smallest absolute Gasteiger partial charge is 0.191 e. The van der Waals surface area contributed by atoms with Gasteiger partial charge in [-0.15, -0.1) is 30.6 Å². The van der Waals surface area contributed by atoms with Crippen LogP contribution in [0.1, 0.15) is 35.8 Å². The van der Waals surface area contributed by atoms with Gasteiger partial charge in [0.05, 0.1) is 26.5 Å². The summed E-state index contributed by atoms with van der Waals surface area (Å²) in [6.07, 6.45) is 6.78. The van der Waals surface area contributed by atoms with Crippen LogP contribution in [0.4, 0.5) is 0 Å². The number of methoxy groups -OCH3 is 2. The number of halogens is 1. The number of hydrogen-bond acceptors (Lipinski definition) is 5. The minimum absolute atomic E-state index is 0. The lowest BCUT2D eigenvalue weighted by atomic mass is 10.1. The van der Waals surface area contributed by atoms with Gasteiger partial charge in [-0.2, -0.15) is 0 Å². The van der Waals surface area contributed by atoms with Gasteiger partial charge in [-0.05, 0) is 62.2 Å². The Kier molecular flexibility index (Phi) is 10.9. The Bertz CT molecular complexity index is 864. The second-order valence-electron chi connectivity index (χ2n) is 7.56. The zero-order chi connectivity index (χ0) is 22.1. The molecule has 2 N–H and O–H groups in total. The van der Waals surface area contributed by atoms with Crippen molar-refractivity contribution in [3.05, 3.63) is 60.1 Å². The van der Waals surface area contributed by atoms with E-state index in [0.29, 0.717) is 18.7 Å².